The van der Waals surface area contributed by atoms with Crippen molar-refractivity contribution in [1.82, 2.24) is 9.78 Å². The minimum atomic E-state index is -4.60. The van der Waals surface area contributed by atoms with Crippen molar-refractivity contribution in [1.29, 1.82) is 0 Å². The van der Waals surface area contributed by atoms with E-state index in [-0.39, 0.29) is 28.0 Å². The molecule has 3 N–H and O–H groups in total. The molecule has 0 saturated carbocycles. The average Bonchev–Trinajstić information content (AvgIpc) is 3.20. The molecular weight excluding hydrogens is 492 g/mol. The monoisotopic (exact) mass is 514 g/mol. The van der Waals surface area contributed by atoms with Gasteiger partial charge >= 0.3 is 0 Å². The fourth-order valence-electron chi connectivity index (χ4n) is 4.05. The second-order valence-electron chi connectivity index (χ2n) is 8.53. The van der Waals surface area contributed by atoms with Crippen molar-refractivity contribution in [2.24, 2.45) is 10.2 Å². The number of nitrogens with zero attached hydrogens (tertiary/aromatic N) is 4. The first-order valence-electron chi connectivity index (χ1n) is 11.2. The van der Waals surface area contributed by atoms with Crippen molar-refractivity contribution < 1.29 is 23.2 Å². The first-order valence-corrected chi connectivity index (χ1v) is 12.7. The third-order valence-electron chi connectivity index (χ3n) is 6.11. The van der Waals surface area contributed by atoms with E-state index in [1.807, 2.05) is 62.4 Å². The standard InChI is InChI=1S/C27H22N4O5S/c1-16-12-13-19(14-17(16)2)31-27(33)26(24(30-31)18-8-4-3-5-9-18)29-28-25-21-11-7-6-10-20(21)23(15-22(25)32)37(34,35)36/h3-15,32-33H,1-2H3,(H,34,35,36)/b29-28+. The number of rotatable bonds is 5. The van der Waals surface area contributed by atoms with E-state index < -0.39 is 20.8 Å². The second-order valence-corrected chi connectivity index (χ2v) is 9.92. The van der Waals surface area contributed by atoms with E-state index in [9.17, 15) is 23.2 Å². The average molecular weight is 515 g/mol. The predicted octanol–water partition coefficient (Wildman–Crippen LogP) is 6.38. The van der Waals surface area contributed by atoms with Crippen molar-refractivity contribution in [2.45, 2.75) is 18.7 Å². The maximum absolute atomic E-state index is 11.9. The molecule has 1 aromatic heterocycles. The highest BCUT2D eigenvalue weighted by Gasteiger charge is 2.22. The van der Waals surface area contributed by atoms with Crippen LogP contribution in [0.15, 0.2) is 94.0 Å². The topological polar surface area (TPSA) is 137 Å². The fraction of sp³-hybridized carbons (Fsp3) is 0.0741. The Morgan fingerprint density at radius 3 is 2.11 bits per heavy atom. The predicted molar refractivity (Wildman–Crippen MR) is 140 cm³/mol. The molecule has 5 rings (SSSR count). The zero-order valence-electron chi connectivity index (χ0n) is 19.9. The second kappa shape index (κ2) is 9.16. The summed E-state index contributed by atoms with van der Waals surface area (Å²) in [5, 5.41) is 35.3. The van der Waals surface area contributed by atoms with Gasteiger partial charge in [-0.1, -0.05) is 60.7 Å². The summed E-state index contributed by atoms with van der Waals surface area (Å²) in [5.41, 5.74) is 3.82. The molecular formula is C27H22N4O5S. The fourth-order valence-corrected chi connectivity index (χ4v) is 4.77. The summed E-state index contributed by atoms with van der Waals surface area (Å²) in [4.78, 5) is -0.449. The molecule has 0 spiro atoms. The van der Waals surface area contributed by atoms with Crippen LogP contribution in [0.3, 0.4) is 0 Å². The number of benzene rings is 4. The van der Waals surface area contributed by atoms with Crippen LogP contribution in [-0.2, 0) is 10.1 Å². The molecule has 0 atom stereocenters. The summed E-state index contributed by atoms with van der Waals surface area (Å²) in [5.74, 6) is -0.762. The summed E-state index contributed by atoms with van der Waals surface area (Å²) in [7, 11) is -4.60. The molecule has 9 nitrogen and oxygen atoms in total. The van der Waals surface area contributed by atoms with E-state index in [0.717, 1.165) is 17.2 Å². The van der Waals surface area contributed by atoms with Gasteiger partial charge in [0.1, 0.15) is 22.0 Å². The van der Waals surface area contributed by atoms with Gasteiger partial charge in [-0.15, -0.1) is 10.2 Å². The largest absolute Gasteiger partial charge is 0.506 e. The Bertz CT molecular complexity index is 1800. The van der Waals surface area contributed by atoms with Gasteiger partial charge in [0.25, 0.3) is 10.1 Å². The number of hydrogen-bond acceptors (Lipinski definition) is 7. The van der Waals surface area contributed by atoms with Crippen LogP contribution in [0.4, 0.5) is 11.4 Å². The van der Waals surface area contributed by atoms with E-state index in [0.29, 0.717) is 16.9 Å². The van der Waals surface area contributed by atoms with Crippen LogP contribution in [0.5, 0.6) is 11.6 Å². The van der Waals surface area contributed by atoms with Gasteiger partial charge in [-0.25, -0.2) is 0 Å². The van der Waals surface area contributed by atoms with E-state index in [2.05, 4.69) is 15.3 Å². The lowest BCUT2D eigenvalue weighted by Crippen LogP contribution is -1.99. The highest BCUT2D eigenvalue weighted by molar-refractivity contribution is 7.86. The van der Waals surface area contributed by atoms with Crippen molar-refractivity contribution in [3.05, 3.63) is 90.0 Å². The highest BCUT2D eigenvalue weighted by atomic mass is 32.2. The van der Waals surface area contributed by atoms with Crippen LogP contribution in [-0.4, -0.2) is 33.0 Å². The molecule has 0 aliphatic heterocycles. The van der Waals surface area contributed by atoms with Gasteiger partial charge in [0, 0.05) is 22.4 Å². The molecule has 37 heavy (non-hydrogen) atoms. The molecule has 0 bridgehead atoms. The number of aromatic nitrogens is 2. The molecule has 186 valence electrons. The third kappa shape index (κ3) is 4.44. The molecule has 10 heteroatoms. The van der Waals surface area contributed by atoms with Crippen molar-refractivity contribution in [2.75, 3.05) is 0 Å². The van der Waals surface area contributed by atoms with Crippen LogP contribution >= 0.6 is 0 Å². The van der Waals surface area contributed by atoms with E-state index >= 15 is 0 Å². The minimum Gasteiger partial charge on any atom is -0.506 e. The van der Waals surface area contributed by atoms with Crippen LogP contribution in [0.25, 0.3) is 27.7 Å². The Morgan fingerprint density at radius 1 is 0.784 bits per heavy atom. The molecule has 0 amide bonds. The Labute approximate surface area is 212 Å². The molecule has 1 heterocycles. The SMILES string of the molecule is Cc1ccc(-n2nc(-c3ccccc3)c(/N=N/c3c(O)cc(S(=O)(=O)O)c4ccccc34)c2O)cc1C. The van der Waals surface area contributed by atoms with Gasteiger partial charge in [0.15, 0.2) is 5.69 Å². The van der Waals surface area contributed by atoms with Crippen LogP contribution in [0.1, 0.15) is 11.1 Å². The first kappa shape index (κ1) is 24.2. The number of hydrogen-bond donors (Lipinski definition) is 3. The molecule has 5 aromatic rings. The van der Waals surface area contributed by atoms with Crippen LogP contribution in [0.2, 0.25) is 0 Å². The summed E-state index contributed by atoms with van der Waals surface area (Å²) < 4.78 is 34.7. The van der Waals surface area contributed by atoms with Crippen LogP contribution in [0, 0.1) is 13.8 Å². The Kier molecular flexibility index (Phi) is 5.98. The lowest BCUT2D eigenvalue weighted by molar-refractivity contribution is 0.434. The van der Waals surface area contributed by atoms with Crippen molar-refractivity contribution >= 4 is 32.3 Å². The maximum atomic E-state index is 11.9. The third-order valence-corrected chi connectivity index (χ3v) is 7.00. The van der Waals surface area contributed by atoms with Gasteiger partial charge in [-0.3, -0.25) is 4.55 Å². The van der Waals surface area contributed by atoms with Gasteiger partial charge in [-0.05, 0) is 37.1 Å². The van der Waals surface area contributed by atoms with Crippen LogP contribution < -0.4 is 0 Å². The Hall–Kier alpha value is -4.54. The Balaban J connectivity index is 1.71. The molecule has 0 radical (unpaired) electrons. The summed E-state index contributed by atoms with van der Waals surface area (Å²) in [6, 6.07) is 22.0. The molecule has 0 fully saturated rings. The normalized spacial score (nSPS) is 12.0. The lowest BCUT2D eigenvalue weighted by atomic mass is 10.1. The zero-order chi connectivity index (χ0) is 26.3. The van der Waals surface area contributed by atoms with Gasteiger partial charge < -0.3 is 10.2 Å². The number of aromatic hydroxyl groups is 2. The van der Waals surface area contributed by atoms with E-state index in [1.54, 1.807) is 18.2 Å². The van der Waals surface area contributed by atoms with Gasteiger partial charge in [-0.2, -0.15) is 18.2 Å². The van der Waals surface area contributed by atoms with Crippen molar-refractivity contribution in [3.63, 3.8) is 0 Å². The van der Waals surface area contributed by atoms with Gasteiger partial charge in [0.2, 0.25) is 5.88 Å². The number of fused-ring (bicyclic) bond motifs is 1. The molecule has 0 aliphatic rings. The smallest absolute Gasteiger partial charge is 0.295 e. The number of phenols is 1. The minimum absolute atomic E-state index is 0.0275. The van der Waals surface area contributed by atoms with E-state index in [4.69, 9.17) is 0 Å². The molecule has 0 aliphatic carbocycles. The summed E-state index contributed by atoms with van der Waals surface area (Å²) in [6.45, 7) is 3.95. The summed E-state index contributed by atoms with van der Waals surface area (Å²) >= 11 is 0. The lowest BCUT2D eigenvalue weighted by Gasteiger charge is -2.08. The molecule has 4 aromatic carbocycles. The quantitative estimate of drug-likeness (QED) is 0.184. The zero-order valence-corrected chi connectivity index (χ0v) is 20.7. The summed E-state index contributed by atoms with van der Waals surface area (Å²) in [6.07, 6.45) is 0. The Morgan fingerprint density at radius 2 is 1.43 bits per heavy atom. The number of azo groups is 1. The highest BCUT2D eigenvalue weighted by Crippen LogP contribution is 2.43. The number of aryl methyl sites for hydroxylation is 2. The van der Waals surface area contributed by atoms with Gasteiger partial charge in [0.05, 0.1) is 5.69 Å². The number of phenolic OH excluding ortho intramolecular Hbond substituents is 1. The molecule has 0 unspecified atom stereocenters. The first-order chi connectivity index (χ1) is 17.6. The maximum Gasteiger partial charge on any atom is 0.295 e. The van der Waals surface area contributed by atoms with Crippen molar-refractivity contribution in [3.8, 4) is 28.6 Å². The van der Waals surface area contributed by atoms with E-state index in [1.165, 1.54) is 10.7 Å². The molecule has 0 saturated heterocycles.